The number of hydrogen-bond acceptors (Lipinski definition) is 4. The minimum absolute atomic E-state index is 0.0962. The highest BCUT2D eigenvalue weighted by Crippen LogP contribution is 2.14. The predicted molar refractivity (Wildman–Crippen MR) is 59.9 cm³/mol. The Morgan fingerprint density at radius 2 is 1.57 bits per heavy atom. The Balaban J connectivity index is 4.37. The van der Waals surface area contributed by atoms with E-state index in [-0.39, 0.29) is 13.2 Å². The number of rotatable bonds is 6. The van der Waals surface area contributed by atoms with Gasteiger partial charge in [0.05, 0.1) is 25.4 Å². The fraction of sp³-hybridized carbons (Fsp3) is 1.00. The molecule has 0 aromatic heterocycles. The average molecular weight is 221 g/mol. The number of hydrogen-bond donors (Lipinski definition) is 2. The van der Waals surface area contributed by atoms with Crippen LogP contribution in [0.2, 0.25) is 19.6 Å². The smallest absolute Gasteiger partial charge is 0.183 e. The molecule has 4 nitrogen and oxygen atoms in total. The number of likely N-dealkylation sites (N-methyl/N-ethyl adjacent to an activating group) is 1. The quantitative estimate of drug-likeness (QED) is 0.626. The Hall–Kier alpha value is 0.0569. The summed E-state index contributed by atoms with van der Waals surface area (Å²) in [6.45, 7) is 6.44. The molecule has 0 aliphatic rings. The molecule has 0 spiro atoms. The van der Waals surface area contributed by atoms with Crippen molar-refractivity contribution in [2.45, 2.75) is 25.2 Å². The van der Waals surface area contributed by atoms with Crippen LogP contribution in [0.15, 0.2) is 0 Å². The van der Waals surface area contributed by atoms with E-state index in [1.54, 1.807) is 0 Å². The minimum atomic E-state index is -1.59. The van der Waals surface area contributed by atoms with Gasteiger partial charge in [0.2, 0.25) is 0 Å². The lowest BCUT2D eigenvalue weighted by Crippen LogP contribution is -2.55. The zero-order valence-electron chi connectivity index (χ0n) is 9.87. The Labute approximate surface area is 87.6 Å². The topological polar surface area (TPSA) is 52.9 Å². The summed E-state index contributed by atoms with van der Waals surface area (Å²) in [5.74, 6) is 0. The van der Waals surface area contributed by atoms with Crippen molar-refractivity contribution in [3.05, 3.63) is 0 Å². The van der Waals surface area contributed by atoms with Crippen molar-refractivity contribution < 1.29 is 14.6 Å². The Bertz CT molecular complexity index is 164. The van der Waals surface area contributed by atoms with Gasteiger partial charge in [0.1, 0.15) is 0 Å². The molecule has 0 aromatic rings. The van der Waals surface area contributed by atoms with Crippen molar-refractivity contribution in [2.24, 2.45) is 0 Å². The summed E-state index contributed by atoms with van der Waals surface area (Å²) in [5, 5.41) is 18.6. The van der Waals surface area contributed by atoms with Gasteiger partial charge in [0.15, 0.2) is 8.32 Å². The van der Waals surface area contributed by atoms with Crippen LogP contribution < -0.4 is 0 Å². The van der Waals surface area contributed by atoms with Gasteiger partial charge in [-0.25, -0.2) is 0 Å². The van der Waals surface area contributed by atoms with E-state index in [0.29, 0.717) is 6.61 Å². The summed E-state index contributed by atoms with van der Waals surface area (Å²) in [6.07, 6.45) is 0. The standard InChI is InChI=1S/C9H23NO3Si/c1-10(2)9(6-11,7-12)8-13-14(3,4)5/h11-12H,6-8H2,1-5H3. The highest BCUT2D eigenvalue weighted by atomic mass is 28.4. The fourth-order valence-corrected chi connectivity index (χ4v) is 1.61. The van der Waals surface area contributed by atoms with Crippen LogP contribution in [-0.4, -0.2) is 62.9 Å². The number of aliphatic hydroxyl groups excluding tert-OH is 2. The van der Waals surface area contributed by atoms with Crippen molar-refractivity contribution >= 4 is 8.32 Å². The third kappa shape index (κ3) is 4.06. The molecular weight excluding hydrogens is 198 g/mol. The molecule has 0 radical (unpaired) electrons. The monoisotopic (exact) mass is 221 g/mol. The highest BCUT2D eigenvalue weighted by molar-refractivity contribution is 6.69. The van der Waals surface area contributed by atoms with Gasteiger partial charge in [-0.2, -0.15) is 0 Å². The molecule has 0 atom stereocenters. The van der Waals surface area contributed by atoms with Gasteiger partial charge < -0.3 is 14.6 Å². The van der Waals surface area contributed by atoms with Gasteiger partial charge in [-0.3, -0.25) is 4.90 Å². The van der Waals surface area contributed by atoms with Gasteiger partial charge >= 0.3 is 0 Å². The second-order valence-corrected chi connectivity index (χ2v) is 9.35. The van der Waals surface area contributed by atoms with E-state index >= 15 is 0 Å². The second kappa shape index (κ2) is 5.23. The summed E-state index contributed by atoms with van der Waals surface area (Å²) >= 11 is 0. The van der Waals surface area contributed by atoms with E-state index in [1.807, 2.05) is 19.0 Å². The molecule has 14 heavy (non-hydrogen) atoms. The molecular formula is C9H23NO3Si. The average Bonchev–Trinajstić information content (AvgIpc) is 2.04. The van der Waals surface area contributed by atoms with Gasteiger partial charge in [-0.05, 0) is 33.7 Å². The first-order chi connectivity index (χ1) is 6.27. The summed E-state index contributed by atoms with van der Waals surface area (Å²) in [6, 6.07) is 0. The number of nitrogens with zero attached hydrogens (tertiary/aromatic N) is 1. The highest BCUT2D eigenvalue weighted by Gasteiger charge is 2.33. The van der Waals surface area contributed by atoms with Crippen LogP contribution >= 0.6 is 0 Å². The zero-order valence-corrected chi connectivity index (χ0v) is 10.9. The van der Waals surface area contributed by atoms with Gasteiger partial charge in [0, 0.05) is 0 Å². The molecule has 86 valence electrons. The van der Waals surface area contributed by atoms with E-state index in [2.05, 4.69) is 19.6 Å². The summed E-state index contributed by atoms with van der Waals surface area (Å²) < 4.78 is 5.72. The zero-order chi connectivity index (χ0) is 11.4. The molecule has 0 fully saturated rings. The molecule has 0 aromatic carbocycles. The Kier molecular flexibility index (Phi) is 5.25. The molecule has 0 aliphatic carbocycles. The molecule has 0 amide bonds. The van der Waals surface area contributed by atoms with Gasteiger partial charge in [-0.1, -0.05) is 0 Å². The van der Waals surface area contributed by atoms with E-state index in [1.165, 1.54) is 0 Å². The maximum Gasteiger partial charge on any atom is 0.183 e. The molecule has 0 bridgehead atoms. The van der Waals surface area contributed by atoms with Crippen LogP contribution in [0.4, 0.5) is 0 Å². The third-order valence-corrected chi connectivity index (χ3v) is 3.32. The summed E-state index contributed by atoms with van der Waals surface area (Å²) in [4.78, 5) is 1.81. The lowest BCUT2D eigenvalue weighted by atomic mass is 10.0. The SMILES string of the molecule is CN(C)C(CO)(CO)CO[Si](C)(C)C. The maximum absolute atomic E-state index is 9.28. The van der Waals surface area contributed by atoms with Crippen LogP contribution in [0.1, 0.15) is 0 Å². The van der Waals surface area contributed by atoms with Crippen molar-refractivity contribution in [3.63, 3.8) is 0 Å². The van der Waals surface area contributed by atoms with E-state index in [0.717, 1.165) is 0 Å². The summed E-state index contributed by atoms with van der Waals surface area (Å²) in [5.41, 5.74) is -0.653. The van der Waals surface area contributed by atoms with Crippen LogP contribution in [0.3, 0.4) is 0 Å². The van der Waals surface area contributed by atoms with E-state index in [4.69, 9.17) is 4.43 Å². The van der Waals surface area contributed by atoms with Crippen molar-refractivity contribution in [2.75, 3.05) is 33.9 Å². The minimum Gasteiger partial charge on any atom is -0.416 e. The maximum atomic E-state index is 9.28. The molecule has 0 saturated heterocycles. The molecule has 0 saturated carbocycles. The Morgan fingerprint density at radius 1 is 1.14 bits per heavy atom. The first-order valence-corrected chi connectivity index (χ1v) is 8.21. The normalized spacial score (nSPS) is 13.7. The second-order valence-electron chi connectivity index (χ2n) is 4.84. The molecule has 2 N–H and O–H groups in total. The first kappa shape index (κ1) is 14.1. The molecule has 0 heterocycles. The van der Waals surface area contributed by atoms with Crippen LogP contribution in [0.25, 0.3) is 0 Å². The molecule has 0 unspecified atom stereocenters. The van der Waals surface area contributed by atoms with Crippen LogP contribution in [0.5, 0.6) is 0 Å². The van der Waals surface area contributed by atoms with Gasteiger partial charge in [-0.15, -0.1) is 0 Å². The lowest BCUT2D eigenvalue weighted by molar-refractivity contribution is -0.0173. The first-order valence-electron chi connectivity index (χ1n) is 4.80. The number of aliphatic hydroxyl groups is 2. The van der Waals surface area contributed by atoms with Crippen molar-refractivity contribution in [3.8, 4) is 0 Å². The van der Waals surface area contributed by atoms with Crippen molar-refractivity contribution in [1.29, 1.82) is 0 Å². The van der Waals surface area contributed by atoms with Gasteiger partial charge in [0.25, 0.3) is 0 Å². The molecule has 5 heteroatoms. The Morgan fingerprint density at radius 3 is 1.79 bits per heavy atom. The molecule has 0 rings (SSSR count). The summed E-state index contributed by atoms with van der Waals surface area (Å²) in [7, 11) is 2.07. The third-order valence-electron chi connectivity index (χ3n) is 2.31. The van der Waals surface area contributed by atoms with Crippen LogP contribution in [-0.2, 0) is 4.43 Å². The fourth-order valence-electron chi connectivity index (χ4n) is 0.904. The van der Waals surface area contributed by atoms with E-state index in [9.17, 15) is 10.2 Å². The van der Waals surface area contributed by atoms with Crippen molar-refractivity contribution in [1.82, 2.24) is 4.90 Å². The predicted octanol–water partition coefficient (Wildman–Crippen LogP) is 0.123. The lowest BCUT2D eigenvalue weighted by Gasteiger charge is -2.38. The van der Waals surface area contributed by atoms with E-state index < -0.39 is 13.9 Å². The van der Waals surface area contributed by atoms with Crippen LogP contribution in [0, 0.1) is 0 Å². The molecule has 0 aliphatic heterocycles. The largest absolute Gasteiger partial charge is 0.416 e.